The lowest BCUT2D eigenvalue weighted by Crippen LogP contribution is -2.46. The molecule has 1 aromatic carbocycles. The van der Waals surface area contributed by atoms with Crippen molar-refractivity contribution < 1.29 is 23.9 Å². The minimum Gasteiger partial charge on any atom is -0.482 e. The van der Waals surface area contributed by atoms with Gasteiger partial charge in [-0.15, -0.1) is 0 Å². The van der Waals surface area contributed by atoms with Crippen molar-refractivity contribution in [2.75, 3.05) is 6.61 Å². The second kappa shape index (κ2) is 8.23. The SMILES string of the molecule is CC(C)[C@@H](OC(=O)COc1ccc(Cl)cc1)C(=O)NC(N)=O. The van der Waals surface area contributed by atoms with Crippen LogP contribution in [0.1, 0.15) is 13.8 Å². The van der Waals surface area contributed by atoms with Crippen LogP contribution in [0.3, 0.4) is 0 Å². The van der Waals surface area contributed by atoms with Crippen molar-refractivity contribution in [1.29, 1.82) is 0 Å². The number of hydrogen-bond acceptors (Lipinski definition) is 5. The molecule has 1 rings (SSSR count). The molecule has 0 bridgehead atoms. The van der Waals surface area contributed by atoms with E-state index >= 15 is 0 Å². The van der Waals surface area contributed by atoms with E-state index in [0.29, 0.717) is 10.8 Å². The van der Waals surface area contributed by atoms with Crippen molar-refractivity contribution in [3.05, 3.63) is 29.3 Å². The van der Waals surface area contributed by atoms with Gasteiger partial charge in [-0.3, -0.25) is 10.1 Å². The number of benzene rings is 1. The lowest BCUT2D eigenvalue weighted by Gasteiger charge is -2.19. The van der Waals surface area contributed by atoms with Crippen LogP contribution in [0.4, 0.5) is 4.79 Å². The number of imide groups is 1. The van der Waals surface area contributed by atoms with Gasteiger partial charge in [-0.05, 0) is 30.2 Å². The molecular weight excluding hydrogens is 312 g/mol. The summed E-state index contributed by atoms with van der Waals surface area (Å²) in [6, 6.07) is 5.40. The fourth-order valence-electron chi connectivity index (χ4n) is 1.53. The summed E-state index contributed by atoms with van der Waals surface area (Å²) < 4.78 is 10.2. The molecule has 22 heavy (non-hydrogen) atoms. The van der Waals surface area contributed by atoms with Gasteiger partial charge in [0.25, 0.3) is 5.91 Å². The number of hydrogen-bond donors (Lipinski definition) is 2. The Balaban J connectivity index is 2.54. The molecule has 8 heteroatoms. The van der Waals surface area contributed by atoms with Gasteiger partial charge in [0.15, 0.2) is 12.7 Å². The van der Waals surface area contributed by atoms with Crippen LogP contribution in [-0.4, -0.2) is 30.6 Å². The standard InChI is InChI=1S/C14H17ClN2O5/c1-8(2)12(13(19)17-14(16)20)22-11(18)7-21-10-5-3-9(15)4-6-10/h3-6,8,12H,7H2,1-2H3,(H3,16,17,19,20)/t12-/m1/s1. The Morgan fingerprint density at radius 2 is 1.82 bits per heavy atom. The minimum absolute atomic E-state index is 0.334. The topological polar surface area (TPSA) is 108 Å². The van der Waals surface area contributed by atoms with E-state index in [0.717, 1.165) is 0 Å². The molecule has 0 aromatic heterocycles. The highest BCUT2D eigenvalue weighted by molar-refractivity contribution is 6.30. The Kier molecular flexibility index (Phi) is 6.65. The van der Waals surface area contributed by atoms with Gasteiger partial charge in [-0.2, -0.15) is 0 Å². The van der Waals surface area contributed by atoms with Gasteiger partial charge in [0.05, 0.1) is 0 Å². The molecule has 0 radical (unpaired) electrons. The predicted molar refractivity (Wildman–Crippen MR) is 79.4 cm³/mol. The van der Waals surface area contributed by atoms with E-state index in [1.54, 1.807) is 38.1 Å². The van der Waals surface area contributed by atoms with Crippen LogP contribution in [-0.2, 0) is 14.3 Å². The van der Waals surface area contributed by atoms with Crippen molar-refractivity contribution in [2.45, 2.75) is 20.0 Å². The zero-order valence-corrected chi connectivity index (χ0v) is 12.9. The molecule has 3 amide bonds. The number of ether oxygens (including phenoxy) is 2. The average molecular weight is 329 g/mol. The first kappa shape index (κ1) is 17.8. The maximum absolute atomic E-state index is 11.7. The van der Waals surface area contributed by atoms with Crippen LogP contribution in [0.25, 0.3) is 0 Å². The molecule has 0 heterocycles. The van der Waals surface area contributed by atoms with Crippen molar-refractivity contribution >= 4 is 29.5 Å². The van der Waals surface area contributed by atoms with Crippen LogP contribution in [0.15, 0.2) is 24.3 Å². The number of primary amides is 1. The number of carbonyl (C=O) groups excluding carboxylic acids is 3. The minimum atomic E-state index is -1.13. The highest BCUT2D eigenvalue weighted by atomic mass is 35.5. The first-order chi connectivity index (χ1) is 10.3. The lowest BCUT2D eigenvalue weighted by molar-refractivity contribution is -0.160. The molecule has 0 aliphatic heterocycles. The van der Waals surface area contributed by atoms with E-state index in [4.69, 9.17) is 26.8 Å². The molecule has 3 N–H and O–H groups in total. The van der Waals surface area contributed by atoms with E-state index in [1.165, 1.54) is 0 Å². The van der Waals surface area contributed by atoms with Crippen molar-refractivity contribution in [3.8, 4) is 5.75 Å². The second-order valence-electron chi connectivity index (χ2n) is 4.75. The van der Waals surface area contributed by atoms with Crippen molar-refractivity contribution in [2.24, 2.45) is 11.7 Å². The average Bonchev–Trinajstić information content (AvgIpc) is 2.43. The number of rotatable bonds is 6. The van der Waals surface area contributed by atoms with E-state index < -0.39 is 24.0 Å². The predicted octanol–water partition coefficient (Wildman–Crippen LogP) is 1.48. The molecule has 0 unspecified atom stereocenters. The lowest BCUT2D eigenvalue weighted by atomic mass is 10.1. The summed E-state index contributed by atoms with van der Waals surface area (Å²) in [7, 11) is 0. The van der Waals surface area contributed by atoms with Crippen molar-refractivity contribution in [1.82, 2.24) is 5.32 Å². The maximum Gasteiger partial charge on any atom is 0.344 e. The van der Waals surface area contributed by atoms with E-state index in [1.807, 2.05) is 5.32 Å². The third-order valence-corrected chi connectivity index (χ3v) is 2.79. The second-order valence-corrected chi connectivity index (χ2v) is 5.19. The van der Waals surface area contributed by atoms with Gasteiger partial charge < -0.3 is 15.2 Å². The molecule has 0 saturated heterocycles. The van der Waals surface area contributed by atoms with Crippen LogP contribution in [0.5, 0.6) is 5.75 Å². The Hall–Kier alpha value is -2.28. The quantitative estimate of drug-likeness (QED) is 0.769. The largest absolute Gasteiger partial charge is 0.482 e. The summed E-state index contributed by atoms with van der Waals surface area (Å²) in [6.07, 6.45) is -1.13. The van der Waals surface area contributed by atoms with Gasteiger partial charge in [-0.25, -0.2) is 9.59 Å². The fraction of sp³-hybridized carbons (Fsp3) is 0.357. The Bertz CT molecular complexity index is 545. The van der Waals surface area contributed by atoms with Crippen LogP contribution < -0.4 is 15.8 Å². The molecular formula is C14H17ClN2O5. The number of amides is 3. The number of nitrogens with two attached hydrogens (primary N) is 1. The third-order valence-electron chi connectivity index (χ3n) is 2.54. The Morgan fingerprint density at radius 3 is 2.32 bits per heavy atom. The summed E-state index contributed by atoms with van der Waals surface area (Å²) in [4.78, 5) is 34.1. The number of nitrogens with one attached hydrogen (secondary N) is 1. The van der Waals surface area contributed by atoms with Gasteiger partial charge in [0, 0.05) is 5.02 Å². The van der Waals surface area contributed by atoms with E-state index in [9.17, 15) is 14.4 Å². The van der Waals surface area contributed by atoms with Crippen molar-refractivity contribution in [3.63, 3.8) is 0 Å². The molecule has 1 aromatic rings. The maximum atomic E-state index is 11.7. The molecule has 0 aliphatic carbocycles. The Labute approximate surface area is 132 Å². The summed E-state index contributed by atoms with van der Waals surface area (Å²) in [6.45, 7) is 2.95. The van der Waals surface area contributed by atoms with Gasteiger partial charge >= 0.3 is 12.0 Å². The van der Waals surface area contributed by atoms with Gasteiger partial charge in [-0.1, -0.05) is 25.4 Å². The fourth-order valence-corrected chi connectivity index (χ4v) is 1.66. The van der Waals surface area contributed by atoms with Gasteiger partial charge in [0.1, 0.15) is 5.75 Å². The number of esters is 1. The molecule has 120 valence electrons. The molecule has 7 nitrogen and oxygen atoms in total. The van der Waals surface area contributed by atoms with E-state index in [2.05, 4.69) is 0 Å². The zero-order valence-electron chi connectivity index (χ0n) is 12.2. The third kappa shape index (κ3) is 6.01. The molecule has 1 atom stereocenters. The monoisotopic (exact) mass is 328 g/mol. The summed E-state index contributed by atoms with van der Waals surface area (Å²) >= 11 is 5.73. The molecule has 0 spiro atoms. The Morgan fingerprint density at radius 1 is 1.23 bits per heavy atom. The van der Waals surface area contributed by atoms with Gasteiger partial charge in [0.2, 0.25) is 0 Å². The summed E-state index contributed by atoms with van der Waals surface area (Å²) in [5.74, 6) is -1.42. The zero-order chi connectivity index (χ0) is 16.7. The smallest absolute Gasteiger partial charge is 0.344 e. The molecule has 0 aliphatic rings. The first-order valence-corrected chi connectivity index (χ1v) is 6.85. The van der Waals surface area contributed by atoms with Crippen LogP contribution in [0, 0.1) is 5.92 Å². The summed E-state index contributed by atoms with van der Waals surface area (Å²) in [5.41, 5.74) is 4.86. The first-order valence-electron chi connectivity index (χ1n) is 6.47. The number of halogens is 1. The number of urea groups is 1. The normalized spacial score (nSPS) is 11.6. The highest BCUT2D eigenvalue weighted by Crippen LogP contribution is 2.15. The molecule has 0 saturated carbocycles. The summed E-state index contributed by atoms with van der Waals surface area (Å²) in [5, 5.41) is 2.42. The van der Waals surface area contributed by atoms with E-state index in [-0.39, 0.29) is 12.5 Å². The van der Waals surface area contributed by atoms with Crippen LogP contribution >= 0.6 is 11.6 Å². The molecule has 0 fully saturated rings. The number of carbonyl (C=O) groups is 3. The highest BCUT2D eigenvalue weighted by Gasteiger charge is 2.27. The van der Waals surface area contributed by atoms with Crippen LogP contribution in [0.2, 0.25) is 5.02 Å².